The van der Waals surface area contributed by atoms with E-state index < -0.39 is 4.92 Å². The first-order valence-electron chi connectivity index (χ1n) is 9.82. The number of nitro groups is 1. The molecule has 0 spiro atoms. The number of non-ortho nitro benzene ring substituents is 1. The number of nitro benzene ring substituents is 1. The maximum Gasteiger partial charge on any atom is 0.286 e. The Kier molecular flexibility index (Phi) is 6.13. The van der Waals surface area contributed by atoms with E-state index in [9.17, 15) is 14.9 Å². The highest BCUT2D eigenvalue weighted by molar-refractivity contribution is 8.18. The van der Waals surface area contributed by atoms with Gasteiger partial charge in [0, 0.05) is 25.2 Å². The standard InChI is InChI=1S/C22H21N3O4S/c26-21-20(30-22(23-21)24-12-2-1-3-13-24)14-16-6-10-19(11-7-16)29-15-17-4-8-18(9-5-17)25(27)28/h4-11,14H,1-3,12-13,15H2/b20-14-. The number of nitrogens with zero attached hydrogens (tertiary/aromatic N) is 3. The molecule has 0 N–H and O–H groups in total. The van der Waals surface area contributed by atoms with Crippen LogP contribution in [-0.4, -0.2) is 34.0 Å². The number of carbonyl (C=O) groups excluding carboxylic acids is 1. The predicted octanol–water partition coefficient (Wildman–Crippen LogP) is 4.63. The Hall–Kier alpha value is -3.13. The number of amides is 1. The minimum absolute atomic E-state index is 0.0582. The Morgan fingerprint density at radius 1 is 1.07 bits per heavy atom. The Bertz CT molecular complexity index is 994. The van der Waals surface area contributed by atoms with Gasteiger partial charge >= 0.3 is 0 Å². The molecule has 2 aromatic rings. The number of aliphatic imine (C=N–C) groups is 1. The van der Waals surface area contributed by atoms with E-state index in [1.807, 2.05) is 30.3 Å². The van der Waals surface area contributed by atoms with Gasteiger partial charge in [0.2, 0.25) is 0 Å². The fourth-order valence-electron chi connectivity index (χ4n) is 3.31. The highest BCUT2D eigenvalue weighted by atomic mass is 32.2. The fourth-order valence-corrected chi connectivity index (χ4v) is 4.28. The molecule has 154 valence electrons. The predicted molar refractivity (Wildman–Crippen MR) is 117 cm³/mol. The van der Waals surface area contributed by atoms with Crippen molar-refractivity contribution in [1.29, 1.82) is 0 Å². The van der Waals surface area contributed by atoms with Crippen LogP contribution in [0, 0.1) is 10.1 Å². The van der Waals surface area contributed by atoms with Crippen molar-refractivity contribution in [3.8, 4) is 5.75 Å². The minimum Gasteiger partial charge on any atom is -0.489 e. The highest BCUT2D eigenvalue weighted by Crippen LogP contribution is 2.31. The molecule has 0 saturated carbocycles. The van der Waals surface area contributed by atoms with Crippen molar-refractivity contribution in [3.05, 3.63) is 74.7 Å². The Morgan fingerprint density at radius 3 is 2.43 bits per heavy atom. The number of benzene rings is 2. The van der Waals surface area contributed by atoms with Gasteiger partial charge in [0.05, 0.1) is 9.83 Å². The van der Waals surface area contributed by atoms with Crippen LogP contribution in [0.2, 0.25) is 0 Å². The van der Waals surface area contributed by atoms with Crippen molar-refractivity contribution in [2.75, 3.05) is 13.1 Å². The molecule has 8 heteroatoms. The number of thioether (sulfide) groups is 1. The van der Waals surface area contributed by atoms with E-state index in [4.69, 9.17) is 4.74 Å². The maximum absolute atomic E-state index is 12.3. The van der Waals surface area contributed by atoms with Gasteiger partial charge in [-0.05, 0) is 72.5 Å². The third-order valence-corrected chi connectivity index (χ3v) is 6.01. The van der Waals surface area contributed by atoms with Crippen LogP contribution >= 0.6 is 11.8 Å². The SMILES string of the molecule is O=C1N=C(N2CCCCC2)S/C1=C\c1ccc(OCc2ccc([N+](=O)[O-])cc2)cc1. The van der Waals surface area contributed by atoms with Crippen molar-refractivity contribution < 1.29 is 14.5 Å². The molecule has 2 aromatic carbocycles. The molecule has 0 unspecified atom stereocenters. The number of ether oxygens (including phenoxy) is 1. The van der Waals surface area contributed by atoms with Crippen molar-refractivity contribution >= 4 is 34.6 Å². The van der Waals surface area contributed by atoms with Gasteiger partial charge in [-0.15, -0.1) is 0 Å². The van der Waals surface area contributed by atoms with Crippen LogP contribution in [0.25, 0.3) is 6.08 Å². The lowest BCUT2D eigenvalue weighted by Gasteiger charge is -2.27. The molecule has 0 aliphatic carbocycles. The topological polar surface area (TPSA) is 85.0 Å². The average Bonchev–Trinajstić information content (AvgIpc) is 3.14. The lowest BCUT2D eigenvalue weighted by molar-refractivity contribution is -0.384. The van der Waals surface area contributed by atoms with Gasteiger partial charge in [0.1, 0.15) is 12.4 Å². The van der Waals surface area contributed by atoms with E-state index in [2.05, 4.69) is 9.89 Å². The van der Waals surface area contributed by atoms with Gasteiger partial charge < -0.3 is 9.64 Å². The van der Waals surface area contributed by atoms with Gasteiger partial charge in [-0.25, -0.2) is 0 Å². The summed E-state index contributed by atoms with van der Waals surface area (Å²) < 4.78 is 5.74. The van der Waals surface area contributed by atoms with Gasteiger partial charge in [-0.1, -0.05) is 12.1 Å². The lowest BCUT2D eigenvalue weighted by Crippen LogP contribution is -2.33. The zero-order chi connectivity index (χ0) is 20.9. The Balaban J connectivity index is 1.34. The van der Waals surface area contributed by atoms with Crippen LogP contribution in [0.5, 0.6) is 5.75 Å². The van der Waals surface area contributed by atoms with Crippen molar-refractivity contribution in [3.63, 3.8) is 0 Å². The number of rotatable bonds is 5. The monoisotopic (exact) mass is 423 g/mol. The number of hydrogen-bond acceptors (Lipinski definition) is 6. The van der Waals surface area contributed by atoms with E-state index in [1.54, 1.807) is 12.1 Å². The summed E-state index contributed by atoms with van der Waals surface area (Å²) in [6.45, 7) is 2.25. The molecule has 1 fully saturated rings. The largest absolute Gasteiger partial charge is 0.489 e. The molecular weight excluding hydrogens is 402 g/mol. The molecular formula is C22H21N3O4S. The second kappa shape index (κ2) is 9.13. The zero-order valence-corrected chi connectivity index (χ0v) is 17.1. The summed E-state index contributed by atoms with van der Waals surface area (Å²) in [4.78, 5) is 29.6. The number of carbonyl (C=O) groups is 1. The molecule has 2 heterocycles. The smallest absolute Gasteiger partial charge is 0.286 e. The van der Waals surface area contributed by atoms with Crippen LogP contribution in [-0.2, 0) is 11.4 Å². The lowest BCUT2D eigenvalue weighted by atomic mass is 10.1. The van der Waals surface area contributed by atoms with Crippen molar-refractivity contribution in [1.82, 2.24) is 4.90 Å². The Morgan fingerprint density at radius 2 is 1.77 bits per heavy atom. The van der Waals surface area contributed by atoms with Crippen LogP contribution in [0.15, 0.2) is 58.4 Å². The molecule has 2 aliphatic heterocycles. The Labute approximate surface area is 178 Å². The van der Waals surface area contributed by atoms with Gasteiger partial charge in [0.25, 0.3) is 11.6 Å². The maximum atomic E-state index is 12.3. The third kappa shape index (κ3) is 4.88. The van der Waals surface area contributed by atoms with Crippen molar-refractivity contribution in [2.45, 2.75) is 25.9 Å². The number of piperidine rings is 1. The summed E-state index contributed by atoms with van der Waals surface area (Å²) in [5.74, 6) is 0.505. The van der Waals surface area contributed by atoms with E-state index in [0.29, 0.717) is 17.3 Å². The quantitative estimate of drug-likeness (QED) is 0.396. The fraction of sp³-hybridized carbons (Fsp3) is 0.273. The van der Waals surface area contributed by atoms with Crippen LogP contribution in [0.1, 0.15) is 30.4 Å². The summed E-state index contributed by atoms with van der Waals surface area (Å²) in [5, 5.41) is 11.5. The highest BCUT2D eigenvalue weighted by Gasteiger charge is 2.26. The summed E-state index contributed by atoms with van der Waals surface area (Å²) in [6, 6.07) is 13.8. The molecule has 4 rings (SSSR count). The summed E-state index contributed by atoms with van der Waals surface area (Å²) >= 11 is 1.44. The second-order valence-electron chi connectivity index (χ2n) is 7.14. The summed E-state index contributed by atoms with van der Waals surface area (Å²) in [7, 11) is 0. The van der Waals surface area contributed by atoms with Gasteiger partial charge in [-0.2, -0.15) is 4.99 Å². The van der Waals surface area contributed by atoms with E-state index in [0.717, 1.165) is 42.2 Å². The van der Waals surface area contributed by atoms with Gasteiger partial charge in [0.15, 0.2) is 5.17 Å². The normalized spacial score (nSPS) is 17.9. The third-order valence-electron chi connectivity index (χ3n) is 4.97. The molecule has 2 aliphatic rings. The van der Waals surface area contributed by atoms with Crippen LogP contribution < -0.4 is 4.74 Å². The first-order chi connectivity index (χ1) is 14.6. The number of hydrogen-bond donors (Lipinski definition) is 0. The molecule has 1 amide bonds. The summed E-state index contributed by atoms with van der Waals surface area (Å²) in [5.41, 5.74) is 1.81. The van der Waals surface area contributed by atoms with E-state index in [-0.39, 0.29) is 11.6 Å². The minimum atomic E-state index is -0.425. The molecule has 1 saturated heterocycles. The molecule has 30 heavy (non-hydrogen) atoms. The first-order valence-corrected chi connectivity index (χ1v) is 10.6. The van der Waals surface area contributed by atoms with E-state index >= 15 is 0 Å². The number of amidine groups is 1. The average molecular weight is 423 g/mol. The molecule has 7 nitrogen and oxygen atoms in total. The number of likely N-dealkylation sites (tertiary alicyclic amines) is 1. The van der Waals surface area contributed by atoms with Crippen molar-refractivity contribution in [2.24, 2.45) is 4.99 Å². The zero-order valence-electron chi connectivity index (χ0n) is 16.3. The molecule has 0 radical (unpaired) electrons. The molecule has 0 bridgehead atoms. The van der Waals surface area contributed by atoms with Crippen LogP contribution in [0.3, 0.4) is 0 Å². The van der Waals surface area contributed by atoms with Gasteiger partial charge in [-0.3, -0.25) is 14.9 Å². The molecule has 0 aromatic heterocycles. The van der Waals surface area contributed by atoms with E-state index in [1.165, 1.54) is 30.3 Å². The summed E-state index contributed by atoms with van der Waals surface area (Å²) in [6.07, 6.45) is 5.39. The first kappa shape index (κ1) is 20.2. The second-order valence-corrected chi connectivity index (χ2v) is 8.15. The van der Waals surface area contributed by atoms with Crippen LogP contribution in [0.4, 0.5) is 5.69 Å². The molecule has 0 atom stereocenters.